The zero-order chi connectivity index (χ0) is 22.2. The lowest BCUT2D eigenvalue weighted by atomic mass is 10.0. The SMILES string of the molecule is CCCCOCCCN1C(=O)C(Nc2ccc(OC)cc2)=C(c2ccc(F)cc2)C1=O. The molecule has 0 saturated heterocycles. The van der Waals surface area contributed by atoms with Crippen LogP contribution in [0.1, 0.15) is 31.7 Å². The first kappa shape index (κ1) is 22.5. The Morgan fingerprint density at radius 1 is 0.935 bits per heavy atom. The summed E-state index contributed by atoms with van der Waals surface area (Å²) in [5.41, 5.74) is 1.53. The van der Waals surface area contributed by atoms with Crippen molar-refractivity contribution in [3.8, 4) is 5.75 Å². The Labute approximate surface area is 181 Å². The van der Waals surface area contributed by atoms with Crippen LogP contribution in [0.5, 0.6) is 5.75 Å². The first-order valence-electron chi connectivity index (χ1n) is 10.4. The highest BCUT2D eigenvalue weighted by Crippen LogP contribution is 2.31. The number of benzene rings is 2. The number of halogens is 1. The van der Waals surface area contributed by atoms with Crippen molar-refractivity contribution in [2.75, 3.05) is 32.2 Å². The molecule has 3 rings (SSSR count). The molecule has 0 saturated carbocycles. The Hall–Kier alpha value is -3.19. The number of ether oxygens (including phenoxy) is 2. The van der Waals surface area contributed by atoms with Crippen LogP contribution in [-0.4, -0.2) is 43.6 Å². The van der Waals surface area contributed by atoms with E-state index in [1.54, 1.807) is 31.4 Å². The van der Waals surface area contributed by atoms with Crippen molar-refractivity contribution < 1.29 is 23.5 Å². The van der Waals surface area contributed by atoms with Crippen LogP contribution in [0.4, 0.5) is 10.1 Å². The molecule has 2 aromatic rings. The van der Waals surface area contributed by atoms with Crippen molar-refractivity contribution in [1.82, 2.24) is 4.90 Å². The fourth-order valence-electron chi connectivity index (χ4n) is 3.27. The topological polar surface area (TPSA) is 67.9 Å². The van der Waals surface area contributed by atoms with Gasteiger partial charge in [0.05, 0.1) is 12.7 Å². The molecule has 31 heavy (non-hydrogen) atoms. The zero-order valence-electron chi connectivity index (χ0n) is 17.8. The van der Waals surface area contributed by atoms with Gasteiger partial charge in [-0.1, -0.05) is 25.5 Å². The van der Waals surface area contributed by atoms with E-state index in [-0.39, 0.29) is 17.8 Å². The Morgan fingerprint density at radius 3 is 2.26 bits per heavy atom. The van der Waals surface area contributed by atoms with Crippen LogP contribution in [0.3, 0.4) is 0 Å². The van der Waals surface area contributed by atoms with Gasteiger partial charge in [0.15, 0.2) is 0 Å². The van der Waals surface area contributed by atoms with Gasteiger partial charge in [-0.15, -0.1) is 0 Å². The maximum Gasteiger partial charge on any atom is 0.278 e. The Balaban J connectivity index is 1.81. The standard InChI is InChI=1S/C24H27FN2O4/c1-3-4-15-31-16-5-14-27-23(28)21(17-6-8-18(25)9-7-17)22(24(27)29)26-19-10-12-20(30-2)13-11-19/h6-13,26H,3-5,14-16H2,1-2H3. The molecule has 0 bridgehead atoms. The molecular formula is C24H27FN2O4. The number of amides is 2. The molecule has 1 heterocycles. The average molecular weight is 426 g/mol. The molecule has 1 N–H and O–H groups in total. The smallest absolute Gasteiger partial charge is 0.278 e. The molecule has 0 unspecified atom stereocenters. The van der Waals surface area contributed by atoms with Crippen LogP contribution in [0.2, 0.25) is 0 Å². The number of nitrogens with one attached hydrogen (secondary N) is 1. The van der Waals surface area contributed by atoms with Gasteiger partial charge in [-0.3, -0.25) is 14.5 Å². The Bertz CT molecular complexity index is 939. The zero-order valence-corrected chi connectivity index (χ0v) is 17.8. The lowest BCUT2D eigenvalue weighted by Crippen LogP contribution is -2.34. The third-order valence-corrected chi connectivity index (χ3v) is 4.97. The summed E-state index contributed by atoms with van der Waals surface area (Å²) in [6.45, 7) is 3.49. The number of anilines is 1. The Morgan fingerprint density at radius 2 is 1.61 bits per heavy atom. The number of rotatable bonds is 11. The number of unbranched alkanes of at least 4 members (excludes halogenated alkanes) is 1. The molecule has 0 radical (unpaired) electrons. The normalized spacial score (nSPS) is 13.8. The van der Waals surface area contributed by atoms with Gasteiger partial charge in [0, 0.05) is 25.4 Å². The second-order valence-electron chi connectivity index (χ2n) is 7.19. The largest absolute Gasteiger partial charge is 0.497 e. The lowest BCUT2D eigenvalue weighted by molar-refractivity contribution is -0.137. The fourth-order valence-corrected chi connectivity index (χ4v) is 3.27. The van der Waals surface area contributed by atoms with E-state index >= 15 is 0 Å². The highest BCUT2D eigenvalue weighted by atomic mass is 19.1. The van der Waals surface area contributed by atoms with Gasteiger partial charge in [-0.25, -0.2) is 4.39 Å². The molecule has 164 valence electrons. The lowest BCUT2D eigenvalue weighted by Gasteiger charge is -2.15. The molecule has 1 aliphatic heterocycles. The number of methoxy groups -OCH3 is 1. The van der Waals surface area contributed by atoms with Gasteiger partial charge in [0.25, 0.3) is 11.8 Å². The quantitative estimate of drug-likeness (QED) is 0.430. The minimum atomic E-state index is -0.410. The summed E-state index contributed by atoms with van der Waals surface area (Å²) in [6, 6.07) is 12.6. The first-order chi connectivity index (χ1) is 15.0. The van der Waals surface area contributed by atoms with Gasteiger partial charge < -0.3 is 14.8 Å². The molecule has 2 aromatic carbocycles. The average Bonchev–Trinajstić information content (AvgIpc) is 3.01. The van der Waals surface area contributed by atoms with Crippen molar-refractivity contribution in [3.63, 3.8) is 0 Å². The summed E-state index contributed by atoms with van der Waals surface area (Å²) in [7, 11) is 1.57. The number of nitrogens with zero attached hydrogens (tertiary/aromatic N) is 1. The van der Waals surface area contributed by atoms with Gasteiger partial charge >= 0.3 is 0 Å². The third kappa shape index (κ3) is 5.49. The van der Waals surface area contributed by atoms with E-state index in [9.17, 15) is 14.0 Å². The van der Waals surface area contributed by atoms with E-state index in [4.69, 9.17) is 9.47 Å². The predicted molar refractivity (Wildman–Crippen MR) is 117 cm³/mol. The first-order valence-corrected chi connectivity index (χ1v) is 10.4. The van der Waals surface area contributed by atoms with Crippen LogP contribution >= 0.6 is 0 Å². The highest BCUT2D eigenvalue weighted by Gasteiger charge is 2.38. The summed E-state index contributed by atoms with van der Waals surface area (Å²) in [4.78, 5) is 27.4. The summed E-state index contributed by atoms with van der Waals surface area (Å²) in [6.07, 6.45) is 2.58. The Kier molecular flexibility index (Phi) is 7.78. The van der Waals surface area contributed by atoms with Crippen molar-refractivity contribution in [2.45, 2.75) is 26.2 Å². The van der Waals surface area contributed by atoms with E-state index < -0.39 is 17.6 Å². The monoisotopic (exact) mass is 426 g/mol. The molecule has 0 spiro atoms. The summed E-state index contributed by atoms with van der Waals surface area (Å²) in [5.74, 6) is -0.543. The van der Waals surface area contributed by atoms with Gasteiger partial charge in [-0.2, -0.15) is 0 Å². The van der Waals surface area contributed by atoms with Crippen molar-refractivity contribution in [2.24, 2.45) is 0 Å². The number of carbonyl (C=O) groups is 2. The van der Waals surface area contributed by atoms with E-state index in [1.807, 2.05) is 0 Å². The minimum Gasteiger partial charge on any atom is -0.497 e. The van der Waals surface area contributed by atoms with E-state index in [2.05, 4.69) is 12.2 Å². The molecule has 0 atom stereocenters. The van der Waals surface area contributed by atoms with Crippen molar-refractivity contribution >= 4 is 23.1 Å². The maximum atomic E-state index is 13.4. The third-order valence-electron chi connectivity index (χ3n) is 4.97. The molecule has 0 aliphatic carbocycles. The van der Waals surface area contributed by atoms with Crippen LogP contribution in [0.25, 0.3) is 5.57 Å². The number of carbonyl (C=O) groups excluding carboxylic acids is 2. The molecule has 0 fully saturated rings. The molecule has 6 nitrogen and oxygen atoms in total. The van der Waals surface area contributed by atoms with Crippen LogP contribution < -0.4 is 10.1 Å². The van der Waals surface area contributed by atoms with Crippen molar-refractivity contribution in [1.29, 1.82) is 0 Å². The van der Waals surface area contributed by atoms with Crippen LogP contribution in [0.15, 0.2) is 54.2 Å². The van der Waals surface area contributed by atoms with Gasteiger partial charge in [-0.05, 0) is 54.8 Å². The number of hydrogen-bond donors (Lipinski definition) is 1. The minimum absolute atomic E-state index is 0.175. The molecule has 0 aromatic heterocycles. The molecule has 1 aliphatic rings. The summed E-state index contributed by atoms with van der Waals surface area (Å²) in [5, 5.41) is 3.07. The molecule has 2 amide bonds. The highest BCUT2D eigenvalue weighted by molar-refractivity contribution is 6.36. The maximum absolute atomic E-state index is 13.4. The molecular weight excluding hydrogens is 399 g/mol. The van der Waals surface area contributed by atoms with Crippen LogP contribution in [-0.2, 0) is 14.3 Å². The second kappa shape index (κ2) is 10.7. The van der Waals surface area contributed by atoms with E-state index in [0.29, 0.717) is 36.6 Å². The van der Waals surface area contributed by atoms with Crippen molar-refractivity contribution in [3.05, 3.63) is 65.6 Å². The van der Waals surface area contributed by atoms with Gasteiger partial charge in [0.2, 0.25) is 0 Å². The van der Waals surface area contributed by atoms with Gasteiger partial charge in [0.1, 0.15) is 17.3 Å². The fraction of sp³-hybridized carbons (Fsp3) is 0.333. The number of imide groups is 1. The van der Waals surface area contributed by atoms with Crippen LogP contribution in [0, 0.1) is 5.82 Å². The summed E-state index contributed by atoms with van der Waals surface area (Å²) < 4.78 is 24.1. The molecule has 7 heteroatoms. The van der Waals surface area contributed by atoms with E-state index in [1.165, 1.54) is 29.2 Å². The summed E-state index contributed by atoms with van der Waals surface area (Å²) >= 11 is 0. The van der Waals surface area contributed by atoms with E-state index in [0.717, 1.165) is 12.8 Å². The number of hydrogen-bond acceptors (Lipinski definition) is 5. The second-order valence-corrected chi connectivity index (χ2v) is 7.19. The predicted octanol–water partition coefficient (Wildman–Crippen LogP) is 4.23.